The molecular formula is C4H11AlOP. The molecule has 0 spiro atoms. The van der Waals surface area contributed by atoms with Crippen LogP contribution in [0.15, 0.2) is 0 Å². The van der Waals surface area contributed by atoms with Crippen LogP contribution in [-0.2, 0) is 3.79 Å². The Morgan fingerprint density at radius 1 is 1.29 bits per heavy atom. The first-order valence-corrected chi connectivity index (χ1v) is 3.72. The van der Waals surface area contributed by atoms with Gasteiger partial charge in [-0.15, -0.1) is 0 Å². The highest BCUT2D eigenvalue weighted by Crippen LogP contribution is 2.01. The van der Waals surface area contributed by atoms with E-state index in [-0.39, 0.29) is 9.90 Å². The van der Waals surface area contributed by atoms with Gasteiger partial charge in [0.05, 0.1) is 0 Å². The van der Waals surface area contributed by atoms with E-state index in [1.165, 1.54) is 18.1 Å². The molecule has 1 radical (unpaired) electrons. The summed E-state index contributed by atoms with van der Waals surface area (Å²) in [5, 5.41) is 1.36. The van der Waals surface area contributed by atoms with Crippen molar-refractivity contribution in [2.75, 3.05) is 6.61 Å². The minimum atomic E-state index is 0. The molecule has 0 aliphatic carbocycles. The Hall–Kier alpha value is 0.922. The summed E-state index contributed by atoms with van der Waals surface area (Å²) in [4.78, 5) is 0. The van der Waals surface area contributed by atoms with E-state index >= 15 is 0 Å². The van der Waals surface area contributed by atoms with Crippen molar-refractivity contribution in [3.63, 3.8) is 0 Å². The second-order valence-electron chi connectivity index (χ2n) is 1.53. The zero-order chi connectivity index (χ0) is 4.24. The number of hydrogen-bond donors (Lipinski definition) is 0. The van der Waals surface area contributed by atoms with E-state index in [4.69, 9.17) is 3.79 Å². The van der Waals surface area contributed by atoms with Crippen molar-refractivity contribution >= 4 is 25.5 Å². The van der Waals surface area contributed by atoms with Crippen LogP contribution >= 0.6 is 9.90 Å². The summed E-state index contributed by atoms with van der Waals surface area (Å²) >= 11 is 0.405. The van der Waals surface area contributed by atoms with Crippen LogP contribution in [0.2, 0.25) is 5.28 Å². The lowest BCUT2D eigenvalue weighted by Crippen LogP contribution is -2.06. The summed E-state index contributed by atoms with van der Waals surface area (Å²) in [5.41, 5.74) is 0. The Bertz CT molecular complexity index is 27.2. The van der Waals surface area contributed by atoms with Crippen LogP contribution in [0.5, 0.6) is 0 Å². The molecule has 1 fully saturated rings. The third-order valence-electron chi connectivity index (χ3n) is 0.952. The molecule has 1 atom stereocenters. The average molecular weight is 133 g/mol. The molecule has 1 unspecified atom stereocenters. The van der Waals surface area contributed by atoms with Crippen LogP contribution in [0.25, 0.3) is 0 Å². The van der Waals surface area contributed by atoms with Crippen molar-refractivity contribution in [3.8, 4) is 0 Å². The maximum absolute atomic E-state index is 5.15. The largest absolute Gasteiger partial charge is 0.507 e. The minimum Gasteiger partial charge on any atom is -0.507 e. The second kappa shape index (κ2) is 5.07. The Kier molecular flexibility index (Phi) is 5.73. The highest BCUT2D eigenvalue weighted by Gasteiger charge is 1.99. The molecule has 1 aliphatic heterocycles. The van der Waals surface area contributed by atoms with Crippen molar-refractivity contribution in [2.45, 2.75) is 18.1 Å². The third-order valence-corrected chi connectivity index (χ3v) is 2.07. The molecule has 0 amide bonds. The molecule has 1 nitrogen and oxygen atoms in total. The zero-order valence-electron chi connectivity index (χ0n) is 4.52. The van der Waals surface area contributed by atoms with E-state index in [0.29, 0.717) is 15.6 Å². The molecule has 1 aliphatic rings. The van der Waals surface area contributed by atoms with Gasteiger partial charge in [0.2, 0.25) is 0 Å². The van der Waals surface area contributed by atoms with Gasteiger partial charge < -0.3 is 3.79 Å². The first-order valence-electron chi connectivity index (χ1n) is 2.43. The topological polar surface area (TPSA) is 9.23 Å². The van der Waals surface area contributed by atoms with Gasteiger partial charge in [-0.3, -0.25) is 0 Å². The smallest absolute Gasteiger partial charge is 0.423 e. The molecule has 1 rings (SSSR count). The highest BCUT2D eigenvalue weighted by atomic mass is 31.0. The molecule has 7 heavy (non-hydrogen) atoms. The summed E-state index contributed by atoms with van der Waals surface area (Å²) < 4.78 is 5.15. The van der Waals surface area contributed by atoms with Crippen molar-refractivity contribution in [1.29, 1.82) is 0 Å². The lowest BCUT2D eigenvalue weighted by molar-refractivity contribution is 0.304. The van der Waals surface area contributed by atoms with E-state index < -0.39 is 0 Å². The summed E-state index contributed by atoms with van der Waals surface area (Å²) in [6, 6.07) is 0. The number of hydrogen-bond acceptors (Lipinski definition) is 1. The van der Waals surface area contributed by atoms with Crippen LogP contribution in [0.3, 0.4) is 0 Å². The van der Waals surface area contributed by atoms with Crippen LogP contribution in [-0.4, -0.2) is 22.2 Å². The standard InChI is InChI=1S/C4H8O.Al.H3P/c1-2-3-4-5;;/h1-4H2;;1H3/q-1;+1;. The summed E-state index contributed by atoms with van der Waals surface area (Å²) in [5.74, 6) is 0. The molecule has 0 aromatic heterocycles. The molecule has 0 saturated carbocycles. The van der Waals surface area contributed by atoms with Gasteiger partial charge >= 0.3 is 15.6 Å². The fourth-order valence-corrected chi connectivity index (χ4v) is 1.54. The van der Waals surface area contributed by atoms with Gasteiger partial charge in [-0.1, -0.05) is 11.7 Å². The van der Waals surface area contributed by atoms with Crippen molar-refractivity contribution < 1.29 is 3.79 Å². The van der Waals surface area contributed by atoms with Crippen LogP contribution in [0.4, 0.5) is 0 Å². The van der Waals surface area contributed by atoms with Gasteiger partial charge in [-0.25, -0.2) is 0 Å². The predicted molar refractivity (Wildman–Crippen MR) is 36.9 cm³/mol. The lowest BCUT2D eigenvalue weighted by Gasteiger charge is -2.07. The van der Waals surface area contributed by atoms with Gasteiger partial charge in [-0.05, 0) is 6.42 Å². The quantitative estimate of drug-likeness (QED) is 0.352. The molecule has 1 heterocycles. The fraction of sp³-hybridized carbons (Fsp3) is 1.00. The van der Waals surface area contributed by atoms with Crippen molar-refractivity contribution in [2.24, 2.45) is 0 Å². The van der Waals surface area contributed by atoms with E-state index in [1.54, 1.807) is 0 Å². The average Bonchev–Trinajstić information content (AvgIpc) is 1.72. The Morgan fingerprint density at radius 3 is 2.29 bits per heavy atom. The second-order valence-corrected chi connectivity index (χ2v) is 2.78. The summed E-state index contributed by atoms with van der Waals surface area (Å²) in [6.07, 6.45) is 2.71. The Labute approximate surface area is 54.5 Å². The maximum atomic E-state index is 5.15. The van der Waals surface area contributed by atoms with Crippen LogP contribution in [0, 0.1) is 0 Å². The first-order chi connectivity index (χ1) is 3.00. The van der Waals surface area contributed by atoms with Gasteiger partial charge in [-0.2, -0.15) is 9.90 Å². The monoisotopic (exact) mass is 133 g/mol. The predicted octanol–water partition coefficient (Wildman–Crippen LogP) is 0.892. The molecule has 0 bridgehead atoms. The molecule has 41 valence electrons. The molecule has 3 heteroatoms. The van der Waals surface area contributed by atoms with Gasteiger partial charge in [0, 0.05) is 6.61 Å². The SMILES string of the molecule is C1C[CH2][Al][O]C1.P. The zero-order valence-corrected chi connectivity index (χ0v) is 7.09. The number of rotatable bonds is 0. The van der Waals surface area contributed by atoms with Crippen LogP contribution in [0.1, 0.15) is 12.8 Å². The van der Waals surface area contributed by atoms with Gasteiger partial charge in [0.1, 0.15) is 0 Å². The van der Waals surface area contributed by atoms with Gasteiger partial charge in [0.15, 0.2) is 0 Å². The highest BCUT2D eigenvalue weighted by molar-refractivity contribution is 6.92. The fourth-order valence-electron chi connectivity index (χ4n) is 0.580. The summed E-state index contributed by atoms with van der Waals surface area (Å²) in [6.45, 7) is 1.04. The molecular weight excluding hydrogens is 122 g/mol. The Balaban J connectivity index is 0.000000360. The maximum Gasteiger partial charge on any atom is 0.423 e. The van der Waals surface area contributed by atoms with Crippen molar-refractivity contribution in [1.82, 2.24) is 0 Å². The van der Waals surface area contributed by atoms with E-state index in [0.717, 1.165) is 6.61 Å². The van der Waals surface area contributed by atoms with E-state index in [2.05, 4.69) is 0 Å². The van der Waals surface area contributed by atoms with E-state index in [9.17, 15) is 0 Å². The molecule has 1 saturated heterocycles. The van der Waals surface area contributed by atoms with Gasteiger partial charge in [0.25, 0.3) is 0 Å². The van der Waals surface area contributed by atoms with E-state index in [1.807, 2.05) is 0 Å². The normalized spacial score (nSPS) is 19.4. The van der Waals surface area contributed by atoms with Crippen molar-refractivity contribution in [3.05, 3.63) is 0 Å². The Morgan fingerprint density at radius 2 is 2.14 bits per heavy atom. The minimum absolute atomic E-state index is 0. The lowest BCUT2D eigenvalue weighted by atomic mass is 10.4. The van der Waals surface area contributed by atoms with Crippen LogP contribution < -0.4 is 0 Å². The molecule has 0 aromatic rings. The first kappa shape index (κ1) is 7.92. The third kappa shape index (κ3) is 3.50. The molecule has 0 aromatic carbocycles. The molecule has 0 N–H and O–H groups in total. The summed E-state index contributed by atoms with van der Waals surface area (Å²) in [7, 11) is 0.